The van der Waals surface area contributed by atoms with E-state index >= 15 is 0 Å². The van der Waals surface area contributed by atoms with Crippen molar-refractivity contribution in [3.63, 3.8) is 0 Å². The predicted molar refractivity (Wildman–Crippen MR) is 93.9 cm³/mol. The maximum absolute atomic E-state index is 13.0. The maximum atomic E-state index is 13.0. The SMILES string of the molecule is COc1nc(N)ccc1C(=O)N1CCC(Cc2ccc(F)cc2)CC1. The number of likely N-dealkylation sites (tertiary alicyclic amines) is 1. The lowest BCUT2D eigenvalue weighted by atomic mass is 9.90. The molecule has 132 valence electrons. The molecule has 0 unspecified atom stereocenters. The number of nitrogens with two attached hydrogens (primary N) is 1. The Morgan fingerprint density at radius 1 is 1.24 bits per heavy atom. The van der Waals surface area contributed by atoms with Gasteiger partial charge in [0.2, 0.25) is 5.88 Å². The zero-order chi connectivity index (χ0) is 17.8. The molecule has 0 spiro atoms. The highest BCUT2D eigenvalue weighted by molar-refractivity contribution is 5.96. The molecule has 0 radical (unpaired) electrons. The summed E-state index contributed by atoms with van der Waals surface area (Å²) in [5.41, 5.74) is 7.22. The number of nitrogens with zero attached hydrogens (tertiary/aromatic N) is 2. The minimum Gasteiger partial charge on any atom is -0.480 e. The summed E-state index contributed by atoms with van der Waals surface area (Å²) in [5, 5.41) is 0. The first kappa shape index (κ1) is 17.2. The molecule has 2 aromatic rings. The van der Waals surface area contributed by atoms with Crippen LogP contribution >= 0.6 is 0 Å². The molecule has 0 bridgehead atoms. The lowest BCUT2D eigenvalue weighted by Gasteiger charge is -2.32. The van der Waals surface area contributed by atoms with Crippen LogP contribution in [-0.4, -0.2) is 36.0 Å². The third kappa shape index (κ3) is 4.07. The van der Waals surface area contributed by atoms with E-state index < -0.39 is 0 Å². The lowest BCUT2D eigenvalue weighted by Crippen LogP contribution is -2.39. The minimum absolute atomic E-state index is 0.0791. The summed E-state index contributed by atoms with van der Waals surface area (Å²) in [5.74, 6) is 0.797. The van der Waals surface area contributed by atoms with Crippen LogP contribution in [0, 0.1) is 11.7 Å². The van der Waals surface area contributed by atoms with Crippen molar-refractivity contribution in [3.05, 3.63) is 53.3 Å². The summed E-state index contributed by atoms with van der Waals surface area (Å²) < 4.78 is 18.2. The smallest absolute Gasteiger partial charge is 0.259 e. The molecule has 2 heterocycles. The third-order valence-electron chi connectivity index (χ3n) is 4.64. The summed E-state index contributed by atoms with van der Waals surface area (Å²) in [4.78, 5) is 18.6. The molecule has 6 heteroatoms. The zero-order valence-corrected chi connectivity index (χ0v) is 14.2. The molecule has 0 aliphatic carbocycles. The van der Waals surface area contributed by atoms with Gasteiger partial charge >= 0.3 is 0 Å². The van der Waals surface area contributed by atoms with Crippen molar-refractivity contribution in [2.75, 3.05) is 25.9 Å². The Morgan fingerprint density at radius 2 is 1.92 bits per heavy atom. The molecule has 1 amide bonds. The topological polar surface area (TPSA) is 68.5 Å². The van der Waals surface area contributed by atoms with Gasteiger partial charge in [0, 0.05) is 13.1 Å². The van der Waals surface area contributed by atoms with Crippen LogP contribution in [0.25, 0.3) is 0 Å². The number of rotatable bonds is 4. The van der Waals surface area contributed by atoms with Gasteiger partial charge in [-0.3, -0.25) is 4.79 Å². The van der Waals surface area contributed by atoms with Crippen LogP contribution in [-0.2, 0) is 6.42 Å². The van der Waals surface area contributed by atoms with Crippen molar-refractivity contribution in [1.82, 2.24) is 9.88 Å². The van der Waals surface area contributed by atoms with Gasteiger partial charge in [0.15, 0.2) is 0 Å². The number of piperidine rings is 1. The Balaban J connectivity index is 1.60. The van der Waals surface area contributed by atoms with E-state index in [1.165, 1.54) is 19.2 Å². The fourth-order valence-corrected chi connectivity index (χ4v) is 3.24. The van der Waals surface area contributed by atoms with E-state index in [-0.39, 0.29) is 17.6 Å². The van der Waals surface area contributed by atoms with E-state index in [1.54, 1.807) is 12.1 Å². The van der Waals surface area contributed by atoms with Crippen LogP contribution in [0.2, 0.25) is 0 Å². The van der Waals surface area contributed by atoms with E-state index in [0.717, 1.165) is 24.8 Å². The highest BCUT2D eigenvalue weighted by atomic mass is 19.1. The van der Waals surface area contributed by atoms with Gasteiger partial charge in [-0.1, -0.05) is 12.1 Å². The molecule has 25 heavy (non-hydrogen) atoms. The molecule has 0 atom stereocenters. The summed E-state index contributed by atoms with van der Waals surface area (Å²) >= 11 is 0. The van der Waals surface area contributed by atoms with E-state index in [0.29, 0.717) is 30.4 Å². The van der Waals surface area contributed by atoms with Crippen LogP contribution in [0.15, 0.2) is 36.4 Å². The van der Waals surface area contributed by atoms with E-state index in [1.807, 2.05) is 17.0 Å². The van der Waals surface area contributed by atoms with Crippen LogP contribution < -0.4 is 10.5 Å². The number of amides is 1. The zero-order valence-electron chi connectivity index (χ0n) is 14.2. The fourth-order valence-electron chi connectivity index (χ4n) is 3.24. The molecule has 1 fully saturated rings. The standard InChI is InChI=1S/C19H22FN3O2/c1-25-18-16(6-7-17(21)22-18)19(24)23-10-8-14(9-11-23)12-13-2-4-15(20)5-3-13/h2-7,14H,8-12H2,1H3,(H2,21,22). The monoisotopic (exact) mass is 343 g/mol. The number of benzene rings is 1. The Labute approximate surface area is 146 Å². The number of anilines is 1. The number of halogens is 1. The van der Waals surface area contributed by atoms with Gasteiger partial charge in [-0.05, 0) is 55.0 Å². The second-order valence-electron chi connectivity index (χ2n) is 6.36. The summed E-state index contributed by atoms with van der Waals surface area (Å²) in [7, 11) is 1.48. The molecule has 0 saturated carbocycles. The van der Waals surface area contributed by atoms with Crippen LogP contribution in [0.3, 0.4) is 0 Å². The number of carbonyl (C=O) groups excluding carboxylic acids is 1. The summed E-state index contributed by atoms with van der Waals surface area (Å²) in [6.07, 6.45) is 2.76. The summed E-state index contributed by atoms with van der Waals surface area (Å²) in [6, 6.07) is 9.92. The van der Waals surface area contributed by atoms with Crippen molar-refractivity contribution in [3.8, 4) is 5.88 Å². The Kier molecular flexibility index (Phi) is 5.16. The van der Waals surface area contributed by atoms with Gasteiger partial charge in [0.25, 0.3) is 5.91 Å². The number of hydrogen-bond acceptors (Lipinski definition) is 4. The first-order valence-electron chi connectivity index (χ1n) is 8.41. The third-order valence-corrected chi connectivity index (χ3v) is 4.64. The van der Waals surface area contributed by atoms with Crippen molar-refractivity contribution in [2.24, 2.45) is 5.92 Å². The number of methoxy groups -OCH3 is 1. The second kappa shape index (κ2) is 7.51. The fraction of sp³-hybridized carbons (Fsp3) is 0.368. The lowest BCUT2D eigenvalue weighted by molar-refractivity contribution is 0.0686. The molecule has 1 aliphatic rings. The van der Waals surface area contributed by atoms with Gasteiger partial charge in [0.05, 0.1) is 7.11 Å². The van der Waals surface area contributed by atoms with Gasteiger partial charge in [-0.15, -0.1) is 0 Å². The molecule has 5 nitrogen and oxygen atoms in total. The van der Waals surface area contributed by atoms with E-state index in [2.05, 4.69) is 4.98 Å². The van der Waals surface area contributed by atoms with Crippen LogP contribution in [0.1, 0.15) is 28.8 Å². The number of aromatic nitrogens is 1. The minimum atomic E-state index is -0.213. The van der Waals surface area contributed by atoms with E-state index in [9.17, 15) is 9.18 Å². The summed E-state index contributed by atoms with van der Waals surface area (Å²) in [6.45, 7) is 1.39. The predicted octanol–water partition coefficient (Wildman–Crippen LogP) is 2.91. The normalized spacial score (nSPS) is 15.2. The Bertz CT molecular complexity index is 741. The number of nitrogen functional groups attached to an aromatic ring is 1. The van der Waals surface area contributed by atoms with Gasteiger partial charge < -0.3 is 15.4 Å². The average molecular weight is 343 g/mol. The van der Waals surface area contributed by atoms with Crippen LogP contribution in [0.4, 0.5) is 10.2 Å². The van der Waals surface area contributed by atoms with Gasteiger partial charge in [-0.2, -0.15) is 4.98 Å². The molecule has 1 aromatic heterocycles. The number of carbonyl (C=O) groups is 1. The van der Waals surface area contributed by atoms with Crippen molar-refractivity contribution >= 4 is 11.7 Å². The van der Waals surface area contributed by atoms with Gasteiger partial charge in [-0.25, -0.2) is 4.39 Å². The molecule has 1 aromatic carbocycles. The highest BCUT2D eigenvalue weighted by Crippen LogP contribution is 2.25. The van der Waals surface area contributed by atoms with Crippen molar-refractivity contribution in [1.29, 1.82) is 0 Å². The highest BCUT2D eigenvalue weighted by Gasteiger charge is 2.26. The van der Waals surface area contributed by atoms with Crippen molar-refractivity contribution < 1.29 is 13.9 Å². The van der Waals surface area contributed by atoms with Gasteiger partial charge in [0.1, 0.15) is 17.2 Å². The molecule has 1 saturated heterocycles. The molecule has 1 aliphatic heterocycles. The Hall–Kier alpha value is -2.63. The average Bonchev–Trinajstić information content (AvgIpc) is 2.63. The Morgan fingerprint density at radius 3 is 2.56 bits per heavy atom. The van der Waals surface area contributed by atoms with Crippen molar-refractivity contribution in [2.45, 2.75) is 19.3 Å². The molecular formula is C19H22FN3O2. The van der Waals surface area contributed by atoms with Crippen LogP contribution in [0.5, 0.6) is 5.88 Å². The molecule has 2 N–H and O–H groups in total. The largest absolute Gasteiger partial charge is 0.480 e. The molecule has 3 rings (SSSR count). The van der Waals surface area contributed by atoms with E-state index in [4.69, 9.17) is 10.5 Å². The first-order valence-corrected chi connectivity index (χ1v) is 8.41. The first-order chi connectivity index (χ1) is 12.1. The molecular weight excluding hydrogens is 321 g/mol. The quantitative estimate of drug-likeness (QED) is 0.927. The number of ether oxygens (including phenoxy) is 1. The second-order valence-corrected chi connectivity index (χ2v) is 6.36. The number of pyridine rings is 1. The number of hydrogen-bond donors (Lipinski definition) is 1. The maximum Gasteiger partial charge on any atom is 0.259 e.